The molecule has 0 N–H and O–H groups in total. The molecule has 0 bridgehead atoms. The first-order valence-electron chi connectivity index (χ1n) is 5.65. The first-order valence-corrected chi connectivity index (χ1v) is 5.65. The number of hydrogen-bond acceptors (Lipinski definition) is 2. The van der Waals surface area contributed by atoms with E-state index in [1.807, 2.05) is 0 Å². The molecule has 1 aliphatic heterocycles. The van der Waals surface area contributed by atoms with Crippen LogP contribution in [0.2, 0.25) is 0 Å². The number of nitrogens with zero attached hydrogens (tertiary/aromatic N) is 1. The Hall–Kier alpha value is -0.0800. The van der Waals surface area contributed by atoms with Crippen LogP contribution >= 0.6 is 0 Å². The van der Waals surface area contributed by atoms with Crippen LogP contribution in [0.3, 0.4) is 0 Å². The van der Waals surface area contributed by atoms with Crippen LogP contribution in [0.4, 0.5) is 0 Å². The molecule has 0 aromatic rings. The van der Waals surface area contributed by atoms with Gasteiger partial charge >= 0.3 is 0 Å². The van der Waals surface area contributed by atoms with Gasteiger partial charge in [-0.15, -0.1) is 0 Å². The van der Waals surface area contributed by atoms with Crippen molar-refractivity contribution in [2.45, 2.75) is 57.8 Å². The Morgan fingerprint density at radius 3 is 2.15 bits per heavy atom. The zero-order valence-electron chi connectivity index (χ0n) is 8.83. The first-order chi connectivity index (χ1) is 6.25. The van der Waals surface area contributed by atoms with Gasteiger partial charge < -0.3 is 9.64 Å². The molecule has 0 atom stereocenters. The van der Waals surface area contributed by atoms with E-state index in [2.05, 4.69) is 18.7 Å². The van der Waals surface area contributed by atoms with Gasteiger partial charge in [0.05, 0.1) is 12.2 Å². The highest BCUT2D eigenvalue weighted by atomic mass is 16.5. The predicted molar refractivity (Wildman–Crippen MR) is 53.8 cm³/mol. The summed E-state index contributed by atoms with van der Waals surface area (Å²) in [6.07, 6.45) is 6.31. The van der Waals surface area contributed by atoms with Crippen molar-refractivity contribution >= 4 is 0 Å². The molecule has 2 fully saturated rings. The normalized spacial score (nSPS) is 27.0. The van der Waals surface area contributed by atoms with Crippen LogP contribution in [0, 0.1) is 0 Å². The van der Waals surface area contributed by atoms with Crippen molar-refractivity contribution in [3.8, 4) is 0 Å². The molecule has 0 radical (unpaired) electrons. The van der Waals surface area contributed by atoms with Gasteiger partial charge in [-0.25, -0.2) is 0 Å². The largest absolute Gasteiger partial charge is 0.375 e. The minimum absolute atomic E-state index is 0.400. The van der Waals surface area contributed by atoms with E-state index < -0.39 is 0 Å². The molecule has 2 aliphatic rings. The molecule has 1 saturated heterocycles. The third kappa shape index (κ3) is 2.68. The van der Waals surface area contributed by atoms with Gasteiger partial charge in [0.2, 0.25) is 0 Å². The molecule has 2 nitrogen and oxygen atoms in total. The molecule has 13 heavy (non-hydrogen) atoms. The second kappa shape index (κ2) is 3.97. The van der Waals surface area contributed by atoms with Gasteiger partial charge in [-0.1, -0.05) is 0 Å². The summed E-state index contributed by atoms with van der Waals surface area (Å²) in [7, 11) is 0. The van der Waals surface area contributed by atoms with Crippen LogP contribution in [0.25, 0.3) is 0 Å². The molecule has 0 aromatic carbocycles. The molecule has 0 unspecified atom stereocenters. The lowest BCUT2D eigenvalue weighted by molar-refractivity contribution is -0.0279. The van der Waals surface area contributed by atoms with Crippen LogP contribution < -0.4 is 0 Å². The fraction of sp³-hybridized carbons (Fsp3) is 1.00. The van der Waals surface area contributed by atoms with Crippen LogP contribution in [0.1, 0.15) is 39.5 Å². The average molecular weight is 183 g/mol. The zero-order chi connectivity index (χ0) is 9.26. The van der Waals surface area contributed by atoms with Crippen molar-refractivity contribution < 1.29 is 4.74 Å². The molecule has 76 valence electrons. The van der Waals surface area contributed by atoms with Gasteiger partial charge in [0, 0.05) is 19.1 Å². The lowest BCUT2D eigenvalue weighted by Crippen LogP contribution is -2.39. The Bertz CT molecular complexity index is 157. The van der Waals surface area contributed by atoms with Crippen molar-refractivity contribution in [1.29, 1.82) is 0 Å². The Morgan fingerprint density at radius 1 is 1.08 bits per heavy atom. The van der Waals surface area contributed by atoms with Crippen LogP contribution in [0.5, 0.6) is 0 Å². The minimum Gasteiger partial charge on any atom is -0.375 e. The van der Waals surface area contributed by atoms with E-state index in [4.69, 9.17) is 4.74 Å². The number of rotatable bonds is 3. The molecule has 0 spiro atoms. The highest BCUT2D eigenvalue weighted by Gasteiger charge is 2.31. The molecule has 0 aromatic heterocycles. The number of hydrogen-bond donors (Lipinski definition) is 0. The smallest absolute Gasteiger partial charge is 0.0603 e. The summed E-state index contributed by atoms with van der Waals surface area (Å²) in [5.41, 5.74) is 0. The Balaban J connectivity index is 1.69. The summed E-state index contributed by atoms with van der Waals surface area (Å²) in [6, 6.07) is 0.944. The second-order valence-corrected chi connectivity index (χ2v) is 4.65. The van der Waals surface area contributed by atoms with E-state index in [9.17, 15) is 0 Å². The SMILES string of the molecule is CC(C)OC1CCN(C2CC2)CC1. The third-order valence-corrected chi connectivity index (χ3v) is 3.00. The van der Waals surface area contributed by atoms with Crippen LogP contribution in [-0.2, 0) is 4.74 Å². The monoisotopic (exact) mass is 183 g/mol. The van der Waals surface area contributed by atoms with E-state index in [-0.39, 0.29) is 0 Å². The second-order valence-electron chi connectivity index (χ2n) is 4.65. The summed E-state index contributed by atoms with van der Waals surface area (Å²) in [5, 5.41) is 0. The maximum absolute atomic E-state index is 5.81. The molecule has 1 saturated carbocycles. The molecule has 0 amide bonds. The molecule has 1 heterocycles. The Labute approximate surface area is 81.3 Å². The summed E-state index contributed by atoms with van der Waals surface area (Å²) >= 11 is 0. The third-order valence-electron chi connectivity index (χ3n) is 3.00. The lowest BCUT2D eigenvalue weighted by atomic mass is 10.1. The van der Waals surface area contributed by atoms with E-state index in [0.29, 0.717) is 12.2 Å². The fourth-order valence-corrected chi connectivity index (χ4v) is 2.20. The van der Waals surface area contributed by atoms with Crippen LogP contribution in [0.15, 0.2) is 0 Å². The molecule has 1 aliphatic carbocycles. The van der Waals surface area contributed by atoms with Crippen molar-refractivity contribution in [3.05, 3.63) is 0 Å². The Morgan fingerprint density at radius 2 is 1.69 bits per heavy atom. The summed E-state index contributed by atoms with van der Waals surface area (Å²) in [4.78, 5) is 2.64. The summed E-state index contributed by atoms with van der Waals surface area (Å²) < 4.78 is 5.81. The van der Waals surface area contributed by atoms with Gasteiger partial charge in [-0.3, -0.25) is 0 Å². The Kier molecular flexibility index (Phi) is 2.89. The van der Waals surface area contributed by atoms with Gasteiger partial charge in [-0.05, 0) is 39.5 Å². The van der Waals surface area contributed by atoms with Crippen molar-refractivity contribution in [3.63, 3.8) is 0 Å². The van der Waals surface area contributed by atoms with Crippen molar-refractivity contribution in [2.24, 2.45) is 0 Å². The zero-order valence-corrected chi connectivity index (χ0v) is 8.83. The van der Waals surface area contributed by atoms with E-state index in [1.54, 1.807) is 0 Å². The average Bonchev–Trinajstić information content (AvgIpc) is 2.87. The van der Waals surface area contributed by atoms with Crippen molar-refractivity contribution in [1.82, 2.24) is 4.90 Å². The topological polar surface area (TPSA) is 12.5 Å². The number of ether oxygens (including phenoxy) is 1. The van der Waals surface area contributed by atoms with Gasteiger partial charge in [0.1, 0.15) is 0 Å². The van der Waals surface area contributed by atoms with Crippen molar-refractivity contribution in [2.75, 3.05) is 13.1 Å². The minimum atomic E-state index is 0.400. The molecule has 2 rings (SSSR count). The quantitative estimate of drug-likeness (QED) is 0.664. The van der Waals surface area contributed by atoms with Crippen LogP contribution in [-0.4, -0.2) is 36.2 Å². The highest BCUT2D eigenvalue weighted by molar-refractivity contribution is 4.87. The maximum atomic E-state index is 5.81. The number of likely N-dealkylation sites (tertiary alicyclic amines) is 1. The number of piperidine rings is 1. The van der Waals surface area contributed by atoms with Gasteiger partial charge in [0.25, 0.3) is 0 Å². The molecular weight excluding hydrogens is 162 g/mol. The first kappa shape index (κ1) is 9.47. The predicted octanol–water partition coefficient (Wildman–Crippen LogP) is 2.04. The molecular formula is C11H21NO. The fourth-order valence-electron chi connectivity index (χ4n) is 2.20. The lowest BCUT2D eigenvalue weighted by Gasteiger charge is -2.32. The van der Waals surface area contributed by atoms with Gasteiger partial charge in [0.15, 0.2) is 0 Å². The van der Waals surface area contributed by atoms with E-state index in [0.717, 1.165) is 6.04 Å². The standard InChI is InChI=1S/C11H21NO/c1-9(2)13-11-5-7-12(8-6-11)10-3-4-10/h9-11H,3-8H2,1-2H3. The maximum Gasteiger partial charge on any atom is 0.0603 e. The molecule has 2 heteroatoms. The van der Waals surface area contributed by atoms with E-state index in [1.165, 1.54) is 38.8 Å². The summed E-state index contributed by atoms with van der Waals surface area (Å²) in [6.45, 7) is 6.80. The highest BCUT2D eigenvalue weighted by Crippen LogP contribution is 2.29. The summed E-state index contributed by atoms with van der Waals surface area (Å²) in [5.74, 6) is 0. The van der Waals surface area contributed by atoms with Gasteiger partial charge in [-0.2, -0.15) is 0 Å². The van der Waals surface area contributed by atoms with E-state index >= 15 is 0 Å².